The van der Waals surface area contributed by atoms with Gasteiger partial charge in [0, 0.05) is 0 Å². The number of para-hydroxylation sites is 1. The minimum atomic E-state index is -0.267. The molecule has 3 rings (SSSR count). The number of hydrogen-bond acceptors (Lipinski definition) is 5. The summed E-state index contributed by atoms with van der Waals surface area (Å²) >= 11 is 1.43. The van der Waals surface area contributed by atoms with Crippen molar-refractivity contribution in [3.63, 3.8) is 0 Å². The molecule has 0 atom stereocenters. The van der Waals surface area contributed by atoms with E-state index in [0.29, 0.717) is 16.6 Å². The van der Waals surface area contributed by atoms with Crippen molar-refractivity contribution in [3.05, 3.63) is 60.7 Å². The topological polar surface area (TPSA) is 60.5 Å². The van der Waals surface area contributed by atoms with Gasteiger partial charge in [0.2, 0.25) is 0 Å². The van der Waals surface area contributed by atoms with E-state index in [1.807, 2.05) is 42.5 Å². The van der Waals surface area contributed by atoms with Crippen molar-refractivity contribution < 1.29 is 14.3 Å². The van der Waals surface area contributed by atoms with Gasteiger partial charge in [0.05, 0.1) is 17.3 Å². The molecule has 1 N–H and O–H groups in total. The van der Waals surface area contributed by atoms with Gasteiger partial charge >= 0.3 is 0 Å². The number of nitrogens with zero attached hydrogens (tertiary/aromatic N) is 1. The zero-order chi connectivity index (χ0) is 17.6. The second-order valence-electron chi connectivity index (χ2n) is 5.30. The second-order valence-corrected chi connectivity index (χ2v) is 6.33. The molecular formula is C19H18N2O3S. The molecule has 0 aliphatic heterocycles. The third-order valence-corrected chi connectivity index (χ3v) is 4.46. The summed E-state index contributed by atoms with van der Waals surface area (Å²) in [6.07, 6.45) is 2.56. The Morgan fingerprint density at radius 3 is 2.88 bits per heavy atom. The number of benzene rings is 2. The SMILES string of the molecule is C=CCc1ccc(OCC(=O)Nc2nc3ccccc3s2)c(OC)c1. The highest BCUT2D eigenvalue weighted by atomic mass is 32.1. The van der Waals surface area contributed by atoms with Crippen LogP contribution in [-0.2, 0) is 11.2 Å². The number of thiazole rings is 1. The summed E-state index contributed by atoms with van der Waals surface area (Å²) in [6, 6.07) is 13.3. The number of carbonyl (C=O) groups excluding carboxylic acids is 1. The minimum absolute atomic E-state index is 0.118. The van der Waals surface area contributed by atoms with Crippen LogP contribution in [0.15, 0.2) is 55.1 Å². The standard InChI is InChI=1S/C19H18N2O3S/c1-3-6-13-9-10-15(16(11-13)23-2)24-12-18(22)21-19-20-14-7-4-5-8-17(14)25-19/h3-5,7-11H,1,6,12H2,2H3,(H,20,21,22). The molecule has 5 nitrogen and oxygen atoms in total. The summed E-state index contributed by atoms with van der Waals surface area (Å²) in [5.41, 5.74) is 1.93. The minimum Gasteiger partial charge on any atom is -0.493 e. The van der Waals surface area contributed by atoms with Crippen LogP contribution < -0.4 is 14.8 Å². The fourth-order valence-electron chi connectivity index (χ4n) is 2.35. The number of rotatable bonds is 7. The van der Waals surface area contributed by atoms with Gasteiger partial charge in [0.25, 0.3) is 5.91 Å². The summed E-state index contributed by atoms with van der Waals surface area (Å²) in [7, 11) is 1.57. The number of nitrogens with one attached hydrogen (secondary N) is 1. The van der Waals surface area contributed by atoms with Gasteiger partial charge in [-0.15, -0.1) is 6.58 Å². The predicted octanol–water partition coefficient (Wildman–Crippen LogP) is 4.05. The van der Waals surface area contributed by atoms with E-state index < -0.39 is 0 Å². The van der Waals surface area contributed by atoms with E-state index in [1.165, 1.54) is 11.3 Å². The van der Waals surface area contributed by atoms with Crippen molar-refractivity contribution >= 4 is 32.6 Å². The van der Waals surface area contributed by atoms with E-state index in [-0.39, 0.29) is 12.5 Å². The van der Waals surface area contributed by atoms with Crippen molar-refractivity contribution in [2.24, 2.45) is 0 Å². The third kappa shape index (κ3) is 4.16. The number of carbonyl (C=O) groups is 1. The third-order valence-electron chi connectivity index (χ3n) is 3.51. The molecule has 2 aromatic carbocycles. The van der Waals surface area contributed by atoms with E-state index in [2.05, 4.69) is 16.9 Å². The van der Waals surface area contributed by atoms with Crippen LogP contribution in [0.1, 0.15) is 5.56 Å². The lowest BCUT2D eigenvalue weighted by Gasteiger charge is -2.11. The van der Waals surface area contributed by atoms with E-state index in [9.17, 15) is 4.79 Å². The van der Waals surface area contributed by atoms with Gasteiger partial charge in [-0.1, -0.05) is 35.6 Å². The normalized spacial score (nSPS) is 10.4. The fraction of sp³-hybridized carbons (Fsp3) is 0.158. The van der Waals surface area contributed by atoms with Crippen molar-refractivity contribution in [1.29, 1.82) is 0 Å². The molecule has 1 aromatic heterocycles. The van der Waals surface area contributed by atoms with Crippen LogP contribution in [0.3, 0.4) is 0 Å². The van der Waals surface area contributed by atoms with Gasteiger partial charge in [-0.3, -0.25) is 10.1 Å². The lowest BCUT2D eigenvalue weighted by atomic mass is 10.1. The molecule has 0 radical (unpaired) electrons. The van der Waals surface area contributed by atoms with E-state index >= 15 is 0 Å². The van der Waals surface area contributed by atoms with Gasteiger partial charge in [-0.05, 0) is 36.2 Å². The largest absolute Gasteiger partial charge is 0.493 e. The van der Waals surface area contributed by atoms with Crippen molar-refractivity contribution in [2.45, 2.75) is 6.42 Å². The highest BCUT2D eigenvalue weighted by Gasteiger charge is 2.11. The molecule has 1 heterocycles. The number of amides is 1. The highest BCUT2D eigenvalue weighted by molar-refractivity contribution is 7.22. The second kappa shape index (κ2) is 7.81. The number of hydrogen-bond donors (Lipinski definition) is 1. The Bertz CT molecular complexity index is 872. The quantitative estimate of drug-likeness (QED) is 0.650. The van der Waals surface area contributed by atoms with Crippen molar-refractivity contribution in [2.75, 3.05) is 19.0 Å². The number of methoxy groups -OCH3 is 1. The van der Waals surface area contributed by atoms with Gasteiger partial charge < -0.3 is 9.47 Å². The summed E-state index contributed by atoms with van der Waals surface area (Å²) in [6.45, 7) is 3.60. The van der Waals surface area contributed by atoms with Crippen LogP contribution in [0.2, 0.25) is 0 Å². The van der Waals surface area contributed by atoms with Gasteiger partial charge in [-0.2, -0.15) is 0 Å². The van der Waals surface area contributed by atoms with Crippen LogP contribution in [0, 0.1) is 0 Å². The molecule has 0 aliphatic rings. The molecule has 0 bridgehead atoms. The fourth-order valence-corrected chi connectivity index (χ4v) is 3.23. The number of aromatic nitrogens is 1. The van der Waals surface area contributed by atoms with Crippen molar-refractivity contribution in [1.82, 2.24) is 4.98 Å². The Labute approximate surface area is 149 Å². The van der Waals surface area contributed by atoms with Crippen LogP contribution >= 0.6 is 11.3 Å². The Morgan fingerprint density at radius 1 is 1.28 bits per heavy atom. The molecule has 0 saturated heterocycles. The summed E-state index contributed by atoms with van der Waals surface area (Å²) in [5, 5.41) is 3.32. The Kier molecular flexibility index (Phi) is 5.30. The average molecular weight is 354 g/mol. The monoisotopic (exact) mass is 354 g/mol. The van der Waals surface area contributed by atoms with Gasteiger partial charge in [-0.25, -0.2) is 4.98 Å². The predicted molar refractivity (Wildman–Crippen MR) is 101 cm³/mol. The molecule has 1 amide bonds. The van der Waals surface area contributed by atoms with Crippen LogP contribution in [0.4, 0.5) is 5.13 Å². The molecule has 6 heteroatoms. The smallest absolute Gasteiger partial charge is 0.264 e. The molecule has 0 fully saturated rings. The number of ether oxygens (including phenoxy) is 2. The molecule has 0 saturated carbocycles. The first kappa shape index (κ1) is 17.0. The lowest BCUT2D eigenvalue weighted by Crippen LogP contribution is -2.20. The zero-order valence-electron chi connectivity index (χ0n) is 13.8. The number of anilines is 1. The lowest BCUT2D eigenvalue weighted by molar-refractivity contribution is -0.118. The van der Waals surface area contributed by atoms with E-state index in [1.54, 1.807) is 13.2 Å². The Balaban J connectivity index is 1.62. The first-order chi connectivity index (χ1) is 12.2. The van der Waals surface area contributed by atoms with Gasteiger partial charge in [0.1, 0.15) is 0 Å². The average Bonchev–Trinajstić information content (AvgIpc) is 3.02. The first-order valence-corrected chi connectivity index (χ1v) is 8.57. The number of fused-ring (bicyclic) bond motifs is 1. The molecule has 0 aliphatic carbocycles. The zero-order valence-corrected chi connectivity index (χ0v) is 14.6. The van der Waals surface area contributed by atoms with Crippen LogP contribution in [0.25, 0.3) is 10.2 Å². The first-order valence-electron chi connectivity index (χ1n) is 7.75. The summed E-state index contributed by atoms with van der Waals surface area (Å²) in [5.74, 6) is 0.846. The molecule has 3 aromatic rings. The number of allylic oxidation sites excluding steroid dienone is 1. The molecule has 128 valence electrons. The summed E-state index contributed by atoms with van der Waals surface area (Å²) < 4.78 is 11.9. The van der Waals surface area contributed by atoms with Crippen molar-refractivity contribution in [3.8, 4) is 11.5 Å². The van der Waals surface area contributed by atoms with Crippen LogP contribution in [-0.4, -0.2) is 24.6 Å². The van der Waals surface area contributed by atoms with Crippen LogP contribution in [0.5, 0.6) is 11.5 Å². The van der Waals surface area contributed by atoms with E-state index in [4.69, 9.17) is 9.47 Å². The van der Waals surface area contributed by atoms with E-state index in [0.717, 1.165) is 22.2 Å². The molecule has 25 heavy (non-hydrogen) atoms. The van der Waals surface area contributed by atoms with Gasteiger partial charge in [0.15, 0.2) is 23.2 Å². The maximum atomic E-state index is 12.1. The molecule has 0 unspecified atom stereocenters. The summed E-state index contributed by atoms with van der Waals surface area (Å²) in [4.78, 5) is 16.5. The Hall–Kier alpha value is -2.86. The maximum absolute atomic E-state index is 12.1. The highest BCUT2D eigenvalue weighted by Crippen LogP contribution is 2.29. The Morgan fingerprint density at radius 2 is 2.12 bits per heavy atom. The molecular weight excluding hydrogens is 336 g/mol. The molecule has 0 spiro atoms. The maximum Gasteiger partial charge on any atom is 0.264 e.